The highest BCUT2D eigenvalue weighted by Crippen LogP contribution is 2.35. The van der Waals surface area contributed by atoms with Crippen molar-refractivity contribution in [2.45, 2.75) is 38.8 Å². The topological polar surface area (TPSA) is 49.3 Å². The molecule has 3 rings (SSSR count). The van der Waals surface area contributed by atoms with Crippen molar-refractivity contribution in [1.29, 1.82) is 0 Å². The van der Waals surface area contributed by atoms with Gasteiger partial charge < -0.3 is 4.90 Å². The van der Waals surface area contributed by atoms with Crippen LogP contribution in [0.4, 0.5) is 13.2 Å². The molecule has 2 heterocycles. The minimum atomic E-state index is -4.41. The van der Waals surface area contributed by atoms with Gasteiger partial charge in [0.2, 0.25) is 5.91 Å². The van der Waals surface area contributed by atoms with E-state index in [1.807, 2.05) is 13.8 Å². The van der Waals surface area contributed by atoms with Crippen molar-refractivity contribution in [2.24, 2.45) is 0 Å². The second-order valence-electron chi connectivity index (χ2n) is 7.51. The fraction of sp³-hybridized carbons (Fsp3) is 0.500. The molecule has 0 N–H and O–H groups in total. The number of carbonyl (C=O) groups excluding carboxylic acids is 1. The van der Waals surface area contributed by atoms with Crippen LogP contribution in [0.1, 0.15) is 43.9 Å². The Kier molecular flexibility index (Phi) is 7.07. The molecule has 2 aromatic rings. The van der Waals surface area contributed by atoms with E-state index in [4.69, 9.17) is 0 Å². The van der Waals surface area contributed by atoms with Crippen LogP contribution in [0, 0.1) is 0 Å². The van der Waals surface area contributed by atoms with Gasteiger partial charge in [0.25, 0.3) is 0 Å². The maximum atomic E-state index is 13.2. The van der Waals surface area contributed by atoms with Crippen LogP contribution < -0.4 is 0 Å². The van der Waals surface area contributed by atoms with Gasteiger partial charge in [0.15, 0.2) is 0 Å². The van der Waals surface area contributed by atoms with E-state index in [0.717, 1.165) is 31.5 Å². The maximum Gasteiger partial charge on any atom is 0.416 e. The van der Waals surface area contributed by atoms with Crippen molar-refractivity contribution >= 4 is 5.91 Å². The molecule has 0 bridgehead atoms. The number of hydrogen-bond donors (Lipinski definition) is 0. The molecular formula is C22H27F3N4O. The zero-order valence-corrected chi connectivity index (χ0v) is 17.3. The van der Waals surface area contributed by atoms with E-state index in [-0.39, 0.29) is 11.8 Å². The Morgan fingerprint density at radius 2 is 1.93 bits per heavy atom. The lowest BCUT2D eigenvalue weighted by Gasteiger charge is -2.33. The number of amides is 1. The summed E-state index contributed by atoms with van der Waals surface area (Å²) < 4.78 is 39.5. The number of likely N-dealkylation sites (N-methyl/N-ethyl adjacent to an activating group) is 1. The zero-order chi connectivity index (χ0) is 21.7. The molecule has 5 nitrogen and oxygen atoms in total. The average Bonchev–Trinajstić information content (AvgIpc) is 2.74. The summed E-state index contributed by atoms with van der Waals surface area (Å²) >= 11 is 0. The molecule has 0 unspecified atom stereocenters. The minimum Gasteiger partial charge on any atom is -0.342 e. The molecule has 8 heteroatoms. The second-order valence-corrected chi connectivity index (χ2v) is 7.51. The van der Waals surface area contributed by atoms with E-state index in [1.165, 1.54) is 12.3 Å². The Bertz CT molecular complexity index is 867. The highest BCUT2D eigenvalue weighted by molar-refractivity contribution is 5.78. The first-order chi connectivity index (χ1) is 14.3. The van der Waals surface area contributed by atoms with E-state index in [0.29, 0.717) is 43.1 Å². The average molecular weight is 420 g/mol. The number of halogens is 3. The molecular weight excluding hydrogens is 393 g/mol. The van der Waals surface area contributed by atoms with Gasteiger partial charge in [-0.1, -0.05) is 12.1 Å². The van der Waals surface area contributed by atoms with E-state index >= 15 is 0 Å². The van der Waals surface area contributed by atoms with E-state index in [1.54, 1.807) is 17.2 Å². The molecule has 1 saturated heterocycles. The summed E-state index contributed by atoms with van der Waals surface area (Å²) in [5.41, 5.74) is 0.873. The van der Waals surface area contributed by atoms with Crippen LogP contribution in [0.25, 0.3) is 11.3 Å². The normalized spacial score (nSPS) is 17.7. The van der Waals surface area contributed by atoms with Gasteiger partial charge in [-0.15, -0.1) is 0 Å². The number of alkyl halides is 3. The fourth-order valence-electron chi connectivity index (χ4n) is 4.00. The number of carbonyl (C=O) groups is 1. The predicted octanol–water partition coefficient (Wildman–Crippen LogP) is 4.21. The first kappa shape index (κ1) is 22.2. The molecule has 1 aromatic heterocycles. The van der Waals surface area contributed by atoms with Gasteiger partial charge in [-0.3, -0.25) is 19.7 Å². The Labute approximate surface area is 174 Å². The fourth-order valence-corrected chi connectivity index (χ4v) is 4.00. The third-order valence-electron chi connectivity index (χ3n) is 5.56. The van der Waals surface area contributed by atoms with Gasteiger partial charge in [-0.2, -0.15) is 13.2 Å². The van der Waals surface area contributed by atoms with Gasteiger partial charge in [-0.25, -0.2) is 0 Å². The van der Waals surface area contributed by atoms with Gasteiger partial charge in [0, 0.05) is 43.5 Å². The van der Waals surface area contributed by atoms with Crippen molar-refractivity contribution < 1.29 is 18.0 Å². The van der Waals surface area contributed by atoms with Gasteiger partial charge in [0.05, 0.1) is 23.5 Å². The minimum absolute atomic E-state index is 0.0153. The summed E-state index contributed by atoms with van der Waals surface area (Å²) in [5.74, 6) is 0.111. The van der Waals surface area contributed by atoms with E-state index in [9.17, 15) is 18.0 Å². The summed E-state index contributed by atoms with van der Waals surface area (Å²) in [5, 5.41) is 0. The van der Waals surface area contributed by atoms with Crippen molar-refractivity contribution in [3.63, 3.8) is 0 Å². The number of hydrogen-bond acceptors (Lipinski definition) is 4. The van der Waals surface area contributed by atoms with Gasteiger partial charge in [-0.05, 0) is 45.4 Å². The Balaban J connectivity index is 1.83. The lowest BCUT2D eigenvalue weighted by molar-refractivity contribution is -0.137. The maximum absolute atomic E-state index is 13.2. The molecule has 0 spiro atoms. The second kappa shape index (κ2) is 9.55. The van der Waals surface area contributed by atoms with Crippen LogP contribution in [0.15, 0.2) is 36.7 Å². The highest BCUT2D eigenvalue weighted by Gasteiger charge is 2.31. The first-order valence-corrected chi connectivity index (χ1v) is 10.3. The van der Waals surface area contributed by atoms with Crippen LogP contribution in [-0.2, 0) is 11.0 Å². The number of piperidine rings is 1. The van der Waals surface area contributed by atoms with Gasteiger partial charge >= 0.3 is 6.18 Å². The summed E-state index contributed by atoms with van der Waals surface area (Å²) in [6, 6.07) is 5.21. The Morgan fingerprint density at radius 3 is 2.63 bits per heavy atom. The number of aromatic nitrogens is 2. The van der Waals surface area contributed by atoms with Crippen LogP contribution in [0.3, 0.4) is 0 Å². The third kappa shape index (κ3) is 5.16. The predicted molar refractivity (Wildman–Crippen MR) is 109 cm³/mol. The number of nitrogens with zero attached hydrogens (tertiary/aromatic N) is 4. The molecule has 1 fully saturated rings. The lowest BCUT2D eigenvalue weighted by atomic mass is 9.91. The zero-order valence-electron chi connectivity index (χ0n) is 17.3. The Hall–Kier alpha value is -2.48. The van der Waals surface area contributed by atoms with Crippen LogP contribution in [-0.4, -0.2) is 58.4 Å². The first-order valence-electron chi connectivity index (χ1n) is 10.3. The van der Waals surface area contributed by atoms with E-state index in [2.05, 4.69) is 14.9 Å². The summed E-state index contributed by atoms with van der Waals surface area (Å²) in [4.78, 5) is 25.3. The quantitative estimate of drug-likeness (QED) is 0.703. The molecule has 1 amide bonds. The molecule has 1 aromatic carbocycles. The molecule has 1 aliphatic heterocycles. The highest BCUT2D eigenvalue weighted by atomic mass is 19.4. The summed E-state index contributed by atoms with van der Waals surface area (Å²) in [6.45, 7) is 7.08. The SMILES string of the molecule is CCN(CC)C(=O)CN1CCC[C@@H](c2nccnc2-c2cccc(C(F)(F)F)c2)C1. The monoisotopic (exact) mass is 420 g/mol. The lowest BCUT2D eigenvalue weighted by Crippen LogP contribution is -2.43. The van der Waals surface area contributed by atoms with Gasteiger partial charge in [0.1, 0.15) is 0 Å². The molecule has 30 heavy (non-hydrogen) atoms. The van der Waals surface area contributed by atoms with Crippen molar-refractivity contribution in [3.05, 3.63) is 47.9 Å². The summed E-state index contributed by atoms with van der Waals surface area (Å²) in [6.07, 6.45) is 0.427. The Morgan fingerprint density at radius 1 is 1.20 bits per heavy atom. The number of rotatable bonds is 6. The molecule has 1 aliphatic rings. The number of likely N-dealkylation sites (tertiary alicyclic amines) is 1. The van der Waals surface area contributed by atoms with Crippen molar-refractivity contribution in [2.75, 3.05) is 32.7 Å². The van der Waals surface area contributed by atoms with Crippen LogP contribution in [0.5, 0.6) is 0 Å². The standard InChI is InChI=1S/C22H27F3N4O/c1-3-29(4-2)19(30)15-28-12-6-8-17(14-28)21-20(26-10-11-27-21)16-7-5-9-18(13-16)22(23,24)25/h5,7,9-11,13,17H,3-4,6,8,12,14-15H2,1-2H3/t17-/m1/s1. The van der Waals surface area contributed by atoms with Crippen LogP contribution in [0.2, 0.25) is 0 Å². The molecule has 0 saturated carbocycles. The number of benzene rings is 1. The van der Waals surface area contributed by atoms with Crippen molar-refractivity contribution in [1.82, 2.24) is 19.8 Å². The van der Waals surface area contributed by atoms with E-state index < -0.39 is 11.7 Å². The largest absolute Gasteiger partial charge is 0.416 e. The smallest absolute Gasteiger partial charge is 0.342 e. The third-order valence-corrected chi connectivity index (χ3v) is 5.56. The molecule has 162 valence electrons. The van der Waals surface area contributed by atoms with Crippen LogP contribution >= 0.6 is 0 Å². The summed E-state index contributed by atoms with van der Waals surface area (Å²) in [7, 11) is 0. The molecule has 1 atom stereocenters. The molecule has 0 radical (unpaired) electrons. The van der Waals surface area contributed by atoms with Crippen molar-refractivity contribution in [3.8, 4) is 11.3 Å². The molecule has 0 aliphatic carbocycles.